The molecule has 0 saturated carbocycles. The molecule has 0 spiro atoms. The van der Waals surface area contributed by atoms with Crippen LogP contribution in [0.4, 0.5) is 4.39 Å². The van der Waals surface area contributed by atoms with E-state index in [1.165, 1.54) is 12.1 Å². The van der Waals surface area contributed by atoms with Crippen LogP contribution in [0.25, 0.3) is 0 Å². The molecule has 1 unspecified atom stereocenters. The van der Waals surface area contributed by atoms with E-state index in [0.29, 0.717) is 19.3 Å². The molecule has 2 aromatic rings. The van der Waals surface area contributed by atoms with Crippen LogP contribution in [0.1, 0.15) is 30.9 Å². The Labute approximate surface area is 165 Å². The highest BCUT2D eigenvalue weighted by Crippen LogP contribution is 2.16. The lowest BCUT2D eigenvalue weighted by Gasteiger charge is -2.31. The van der Waals surface area contributed by atoms with E-state index in [2.05, 4.69) is 5.32 Å². The predicted molar refractivity (Wildman–Crippen MR) is 106 cm³/mol. The van der Waals surface area contributed by atoms with E-state index < -0.39 is 6.04 Å². The lowest BCUT2D eigenvalue weighted by Crippen LogP contribution is -2.50. The number of hydrogen-bond acceptors (Lipinski definition) is 3. The molecule has 0 aliphatic carbocycles. The number of halogens is 1. The van der Waals surface area contributed by atoms with Gasteiger partial charge in [-0.15, -0.1) is 0 Å². The standard InChI is InChI=1S/C22H27FN2O3/c1-2-6-21(27)25(16-18-9-11-19(23)12-10-18)20(22(28)24-13-14-26)15-17-7-4-3-5-8-17/h3-5,7-12,20,26H,2,6,13-16H2,1H3,(H,24,28). The van der Waals surface area contributed by atoms with Gasteiger partial charge in [0.2, 0.25) is 11.8 Å². The number of aliphatic hydroxyl groups excluding tert-OH is 1. The van der Waals surface area contributed by atoms with E-state index in [1.54, 1.807) is 17.0 Å². The summed E-state index contributed by atoms with van der Waals surface area (Å²) in [6.45, 7) is 2.07. The maximum atomic E-state index is 13.2. The zero-order valence-electron chi connectivity index (χ0n) is 16.1. The Hall–Kier alpha value is -2.73. The topological polar surface area (TPSA) is 69.6 Å². The number of amides is 2. The Morgan fingerprint density at radius 3 is 2.36 bits per heavy atom. The Morgan fingerprint density at radius 1 is 1.07 bits per heavy atom. The number of aliphatic hydroxyl groups is 1. The van der Waals surface area contributed by atoms with Gasteiger partial charge >= 0.3 is 0 Å². The smallest absolute Gasteiger partial charge is 0.243 e. The molecule has 2 N–H and O–H groups in total. The number of rotatable bonds is 10. The molecule has 0 aromatic heterocycles. The third-order valence-electron chi connectivity index (χ3n) is 4.41. The van der Waals surface area contributed by atoms with E-state index in [9.17, 15) is 14.0 Å². The molecule has 1 atom stereocenters. The summed E-state index contributed by atoms with van der Waals surface area (Å²) in [5, 5.41) is 11.7. The monoisotopic (exact) mass is 386 g/mol. The molecule has 150 valence electrons. The minimum absolute atomic E-state index is 0.122. The Balaban J connectivity index is 2.32. The van der Waals surface area contributed by atoms with Crippen LogP contribution >= 0.6 is 0 Å². The fourth-order valence-electron chi connectivity index (χ4n) is 2.99. The molecule has 2 rings (SSSR count). The molecule has 0 aliphatic rings. The van der Waals surface area contributed by atoms with Crippen molar-refractivity contribution in [1.29, 1.82) is 0 Å². The number of nitrogens with one attached hydrogen (secondary N) is 1. The van der Waals surface area contributed by atoms with Gasteiger partial charge in [0.05, 0.1) is 6.61 Å². The summed E-state index contributed by atoms with van der Waals surface area (Å²) in [7, 11) is 0. The Morgan fingerprint density at radius 2 is 1.75 bits per heavy atom. The van der Waals surface area contributed by atoms with Crippen LogP contribution in [-0.4, -0.2) is 41.0 Å². The van der Waals surface area contributed by atoms with Crippen LogP contribution in [-0.2, 0) is 22.6 Å². The normalized spacial score (nSPS) is 11.7. The number of carbonyl (C=O) groups excluding carboxylic acids is 2. The van der Waals surface area contributed by atoms with Crippen LogP contribution < -0.4 is 5.32 Å². The highest BCUT2D eigenvalue weighted by Gasteiger charge is 2.29. The second kappa shape index (κ2) is 11.2. The lowest BCUT2D eigenvalue weighted by atomic mass is 10.0. The molecule has 0 saturated heterocycles. The SMILES string of the molecule is CCCC(=O)N(Cc1ccc(F)cc1)C(Cc1ccccc1)C(=O)NCCO. The van der Waals surface area contributed by atoms with Gasteiger partial charge in [0.1, 0.15) is 11.9 Å². The van der Waals surface area contributed by atoms with Crippen molar-refractivity contribution >= 4 is 11.8 Å². The summed E-state index contributed by atoms with van der Waals surface area (Å²) in [6.07, 6.45) is 1.34. The van der Waals surface area contributed by atoms with E-state index in [1.807, 2.05) is 37.3 Å². The minimum atomic E-state index is -0.724. The van der Waals surface area contributed by atoms with Crippen molar-refractivity contribution in [3.63, 3.8) is 0 Å². The average Bonchev–Trinajstić information content (AvgIpc) is 2.71. The van der Waals surface area contributed by atoms with Crippen molar-refractivity contribution in [3.8, 4) is 0 Å². The fourth-order valence-corrected chi connectivity index (χ4v) is 2.99. The van der Waals surface area contributed by atoms with Gasteiger partial charge in [-0.1, -0.05) is 49.4 Å². The highest BCUT2D eigenvalue weighted by molar-refractivity contribution is 5.88. The summed E-state index contributed by atoms with van der Waals surface area (Å²) in [5.41, 5.74) is 1.68. The maximum Gasteiger partial charge on any atom is 0.243 e. The molecule has 0 bridgehead atoms. The van der Waals surface area contributed by atoms with Crippen molar-refractivity contribution in [1.82, 2.24) is 10.2 Å². The number of carbonyl (C=O) groups is 2. The first-order chi connectivity index (χ1) is 13.5. The average molecular weight is 386 g/mol. The van der Waals surface area contributed by atoms with Crippen LogP contribution in [0.3, 0.4) is 0 Å². The van der Waals surface area contributed by atoms with Crippen LogP contribution in [0, 0.1) is 5.82 Å². The molecule has 2 aromatic carbocycles. The molecular formula is C22H27FN2O3. The van der Waals surface area contributed by atoms with Gasteiger partial charge in [-0.05, 0) is 29.7 Å². The zero-order valence-corrected chi connectivity index (χ0v) is 16.1. The Kier molecular flexibility index (Phi) is 8.62. The molecule has 0 radical (unpaired) electrons. The fraction of sp³-hybridized carbons (Fsp3) is 0.364. The summed E-state index contributed by atoms with van der Waals surface area (Å²) >= 11 is 0. The number of hydrogen-bond donors (Lipinski definition) is 2. The van der Waals surface area contributed by atoms with Gasteiger partial charge in [-0.3, -0.25) is 9.59 Å². The van der Waals surface area contributed by atoms with E-state index >= 15 is 0 Å². The van der Waals surface area contributed by atoms with Gasteiger partial charge < -0.3 is 15.3 Å². The first-order valence-corrected chi connectivity index (χ1v) is 9.51. The van der Waals surface area contributed by atoms with Crippen molar-refractivity contribution in [3.05, 3.63) is 71.5 Å². The third-order valence-corrected chi connectivity index (χ3v) is 4.41. The van der Waals surface area contributed by atoms with Crippen LogP contribution in [0.5, 0.6) is 0 Å². The number of benzene rings is 2. The first kappa shape index (κ1) is 21.6. The van der Waals surface area contributed by atoms with Crippen molar-refractivity contribution in [2.75, 3.05) is 13.2 Å². The minimum Gasteiger partial charge on any atom is -0.395 e. The lowest BCUT2D eigenvalue weighted by molar-refractivity contribution is -0.141. The zero-order chi connectivity index (χ0) is 20.4. The Bertz CT molecular complexity index is 750. The van der Waals surface area contributed by atoms with Crippen LogP contribution in [0.2, 0.25) is 0 Å². The molecule has 6 heteroatoms. The molecule has 0 fully saturated rings. The van der Waals surface area contributed by atoms with E-state index in [4.69, 9.17) is 5.11 Å². The molecule has 5 nitrogen and oxygen atoms in total. The van der Waals surface area contributed by atoms with E-state index in [-0.39, 0.29) is 37.3 Å². The van der Waals surface area contributed by atoms with Crippen molar-refractivity contribution in [2.24, 2.45) is 0 Å². The summed E-state index contributed by atoms with van der Waals surface area (Å²) in [5.74, 6) is -0.798. The third kappa shape index (κ3) is 6.46. The highest BCUT2D eigenvalue weighted by atomic mass is 19.1. The van der Waals surface area contributed by atoms with Gasteiger partial charge in [0.25, 0.3) is 0 Å². The maximum absolute atomic E-state index is 13.2. The summed E-state index contributed by atoms with van der Waals surface area (Å²) in [6, 6.07) is 14.7. The van der Waals surface area contributed by atoms with Gasteiger partial charge in [0.15, 0.2) is 0 Å². The summed E-state index contributed by atoms with van der Waals surface area (Å²) in [4.78, 5) is 27.2. The van der Waals surface area contributed by atoms with Gasteiger partial charge in [0, 0.05) is 25.9 Å². The van der Waals surface area contributed by atoms with Crippen molar-refractivity contribution < 1.29 is 19.1 Å². The molecule has 28 heavy (non-hydrogen) atoms. The van der Waals surface area contributed by atoms with E-state index in [0.717, 1.165) is 11.1 Å². The molecule has 0 heterocycles. The van der Waals surface area contributed by atoms with Gasteiger partial charge in [-0.25, -0.2) is 4.39 Å². The molecular weight excluding hydrogens is 359 g/mol. The van der Waals surface area contributed by atoms with Crippen molar-refractivity contribution in [2.45, 2.75) is 38.8 Å². The van der Waals surface area contributed by atoms with Crippen LogP contribution in [0.15, 0.2) is 54.6 Å². The quantitative estimate of drug-likeness (QED) is 0.660. The summed E-state index contributed by atoms with van der Waals surface area (Å²) < 4.78 is 13.2. The second-order valence-corrected chi connectivity index (χ2v) is 6.62. The molecule has 2 amide bonds. The predicted octanol–water partition coefficient (Wildman–Crippen LogP) is 2.67. The first-order valence-electron chi connectivity index (χ1n) is 9.51. The second-order valence-electron chi connectivity index (χ2n) is 6.62. The number of nitrogens with zero attached hydrogens (tertiary/aromatic N) is 1. The molecule has 0 aliphatic heterocycles. The largest absolute Gasteiger partial charge is 0.395 e. The van der Waals surface area contributed by atoms with Gasteiger partial charge in [-0.2, -0.15) is 0 Å².